The lowest BCUT2D eigenvalue weighted by molar-refractivity contribution is -0.137. The van der Waals surface area contributed by atoms with Crippen LogP contribution in [0.25, 0.3) is 11.0 Å². The second-order valence-electron chi connectivity index (χ2n) is 6.23. The van der Waals surface area contributed by atoms with Crippen LogP contribution in [-0.2, 0) is 11.8 Å². The lowest BCUT2D eigenvalue weighted by atomic mass is 9.88. The molecule has 1 amide bonds. The first-order valence-electron chi connectivity index (χ1n) is 7.49. The molecule has 116 valence electrons. The topological polar surface area (TPSA) is 93.2 Å². The SMILES string of the molecule is CN1CC[C@@H]2CN(c3nc(N)c4cnn(C)c4n3)C[C@@H]2C1=O. The number of carbonyl (C=O) groups is 1. The number of carbonyl (C=O) groups excluding carboxylic acids is 1. The normalized spacial score (nSPS) is 25.1. The number of hydrogen-bond acceptors (Lipinski definition) is 6. The summed E-state index contributed by atoms with van der Waals surface area (Å²) < 4.78 is 1.69. The number of aromatic nitrogens is 4. The van der Waals surface area contributed by atoms with Crippen molar-refractivity contribution in [2.45, 2.75) is 6.42 Å². The fourth-order valence-corrected chi connectivity index (χ4v) is 3.53. The van der Waals surface area contributed by atoms with Crippen LogP contribution in [0.1, 0.15) is 6.42 Å². The van der Waals surface area contributed by atoms with E-state index in [0.29, 0.717) is 24.2 Å². The third-order valence-corrected chi connectivity index (χ3v) is 4.86. The number of nitrogen functional groups attached to an aromatic ring is 1. The Morgan fingerprint density at radius 1 is 1.27 bits per heavy atom. The van der Waals surface area contributed by atoms with Crippen LogP contribution in [0, 0.1) is 11.8 Å². The molecule has 0 unspecified atom stereocenters. The Kier molecular flexibility index (Phi) is 2.75. The van der Waals surface area contributed by atoms with Gasteiger partial charge in [0, 0.05) is 33.7 Å². The first-order valence-corrected chi connectivity index (χ1v) is 7.49. The van der Waals surface area contributed by atoms with Crippen LogP contribution < -0.4 is 10.6 Å². The van der Waals surface area contributed by atoms with Crippen molar-refractivity contribution in [1.82, 2.24) is 24.6 Å². The molecular formula is C14H19N7O. The van der Waals surface area contributed by atoms with Crippen molar-refractivity contribution >= 4 is 28.7 Å². The molecule has 4 heterocycles. The number of piperidine rings is 1. The molecule has 2 aliphatic heterocycles. The van der Waals surface area contributed by atoms with Gasteiger partial charge in [-0.05, 0) is 12.3 Å². The van der Waals surface area contributed by atoms with E-state index in [9.17, 15) is 4.79 Å². The highest BCUT2D eigenvalue weighted by atomic mass is 16.2. The summed E-state index contributed by atoms with van der Waals surface area (Å²) in [5, 5.41) is 4.94. The Balaban J connectivity index is 1.68. The highest BCUT2D eigenvalue weighted by Gasteiger charge is 2.42. The van der Waals surface area contributed by atoms with Crippen LogP contribution in [0.5, 0.6) is 0 Å². The molecule has 2 aliphatic rings. The maximum absolute atomic E-state index is 12.3. The Hall–Kier alpha value is -2.38. The van der Waals surface area contributed by atoms with Gasteiger partial charge < -0.3 is 15.5 Å². The number of amides is 1. The molecular weight excluding hydrogens is 282 g/mol. The van der Waals surface area contributed by atoms with Gasteiger partial charge in [0.25, 0.3) is 0 Å². The van der Waals surface area contributed by atoms with Crippen LogP contribution in [0.15, 0.2) is 6.20 Å². The van der Waals surface area contributed by atoms with Gasteiger partial charge >= 0.3 is 0 Å². The van der Waals surface area contributed by atoms with Crippen molar-refractivity contribution in [1.29, 1.82) is 0 Å². The number of anilines is 2. The van der Waals surface area contributed by atoms with E-state index >= 15 is 0 Å². The molecule has 4 rings (SSSR count). The average molecular weight is 301 g/mol. The van der Waals surface area contributed by atoms with Gasteiger partial charge in [-0.2, -0.15) is 15.1 Å². The minimum absolute atomic E-state index is 0.0470. The Bertz CT molecular complexity index is 755. The number of fused-ring (bicyclic) bond motifs is 2. The van der Waals surface area contributed by atoms with Gasteiger partial charge in [0.15, 0.2) is 5.65 Å². The summed E-state index contributed by atoms with van der Waals surface area (Å²) in [6.07, 6.45) is 2.71. The fourth-order valence-electron chi connectivity index (χ4n) is 3.53. The van der Waals surface area contributed by atoms with Gasteiger partial charge in [-0.3, -0.25) is 9.48 Å². The van der Waals surface area contributed by atoms with E-state index in [0.717, 1.165) is 30.5 Å². The molecule has 2 aromatic heterocycles. The average Bonchev–Trinajstić information content (AvgIpc) is 3.08. The zero-order chi connectivity index (χ0) is 15.4. The molecule has 22 heavy (non-hydrogen) atoms. The Morgan fingerprint density at radius 2 is 2.09 bits per heavy atom. The maximum Gasteiger partial charge on any atom is 0.229 e. The lowest BCUT2D eigenvalue weighted by Crippen LogP contribution is -2.42. The summed E-state index contributed by atoms with van der Waals surface area (Å²) >= 11 is 0. The Labute approximate surface area is 127 Å². The van der Waals surface area contributed by atoms with Crippen LogP contribution in [0.4, 0.5) is 11.8 Å². The summed E-state index contributed by atoms with van der Waals surface area (Å²) in [4.78, 5) is 25.2. The molecule has 0 aliphatic carbocycles. The molecule has 2 atom stereocenters. The van der Waals surface area contributed by atoms with Gasteiger partial charge in [-0.25, -0.2) is 0 Å². The maximum atomic E-state index is 12.3. The quantitative estimate of drug-likeness (QED) is 0.788. The third kappa shape index (κ3) is 1.83. The summed E-state index contributed by atoms with van der Waals surface area (Å²) in [7, 11) is 3.71. The molecule has 2 saturated heterocycles. The summed E-state index contributed by atoms with van der Waals surface area (Å²) in [5.74, 6) is 1.69. The van der Waals surface area contributed by atoms with Gasteiger partial charge in [0.1, 0.15) is 5.82 Å². The molecule has 8 heteroatoms. The monoisotopic (exact) mass is 301 g/mol. The van der Waals surface area contributed by atoms with Crippen molar-refractivity contribution in [3.8, 4) is 0 Å². The number of aryl methyl sites for hydroxylation is 1. The molecule has 0 saturated carbocycles. The minimum atomic E-state index is 0.0470. The highest BCUT2D eigenvalue weighted by Crippen LogP contribution is 2.34. The summed E-state index contributed by atoms with van der Waals surface area (Å²) in [6, 6.07) is 0. The zero-order valence-electron chi connectivity index (χ0n) is 12.7. The van der Waals surface area contributed by atoms with E-state index < -0.39 is 0 Å². The zero-order valence-corrected chi connectivity index (χ0v) is 12.7. The number of hydrogen-bond donors (Lipinski definition) is 1. The van der Waals surface area contributed by atoms with Gasteiger partial charge in [0.2, 0.25) is 11.9 Å². The second-order valence-corrected chi connectivity index (χ2v) is 6.23. The molecule has 2 N–H and O–H groups in total. The first-order chi connectivity index (χ1) is 10.5. The van der Waals surface area contributed by atoms with Crippen LogP contribution in [-0.4, -0.2) is 57.2 Å². The molecule has 0 aromatic carbocycles. The van der Waals surface area contributed by atoms with E-state index in [4.69, 9.17) is 5.73 Å². The third-order valence-electron chi connectivity index (χ3n) is 4.86. The molecule has 0 bridgehead atoms. The molecule has 0 radical (unpaired) electrons. The number of likely N-dealkylation sites (tertiary alicyclic amines) is 1. The largest absolute Gasteiger partial charge is 0.383 e. The number of nitrogens with two attached hydrogens (primary N) is 1. The van der Waals surface area contributed by atoms with Crippen LogP contribution >= 0.6 is 0 Å². The van der Waals surface area contributed by atoms with Crippen molar-refractivity contribution in [2.75, 3.05) is 37.3 Å². The van der Waals surface area contributed by atoms with E-state index in [1.54, 1.807) is 10.9 Å². The number of nitrogens with zero attached hydrogens (tertiary/aromatic N) is 6. The van der Waals surface area contributed by atoms with Crippen molar-refractivity contribution in [3.63, 3.8) is 0 Å². The second kappa shape index (κ2) is 4.56. The summed E-state index contributed by atoms with van der Waals surface area (Å²) in [6.45, 7) is 2.31. The van der Waals surface area contributed by atoms with Gasteiger partial charge in [-0.1, -0.05) is 0 Å². The fraction of sp³-hybridized carbons (Fsp3) is 0.571. The van der Waals surface area contributed by atoms with Gasteiger partial charge in [0.05, 0.1) is 17.5 Å². The Morgan fingerprint density at radius 3 is 2.91 bits per heavy atom. The van der Waals surface area contributed by atoms with Crippen molar-refractivity contribution in [3.05, 3.63) is 6.20 Å². The minimum Gasteiger partial charge on any atom is -0.383 e. The van der Waals surface area contributed by atoms with E-state index in [-0.39, 0.29) is 11.8 Å². The smallest absolute Gasteiger partial charge is 0.229 e. The highest BCUT2D eigenvalue weighted by molar-refractivity contribution is 5.86. The predicted molar refractivity (Wildman–Crippen MR) is 82.2 cm³/mol. The van der Waals surface area contributed by atoms with Crippen LogP contribution in [0.3, 0.4) is 0 Å². The van der Waals surface area contributed by atoms with E-state index in [2.05, 4.69) is 20.0 Å². The van der Waals surface area contributed by atoms with Crippen LogP contribution in [0.2, 0.25) is 0 Å². The number of rotatable bonds is 1. The predicted octanol–water partition coefficient (Wildman–Crippen LogP) is -0.140. The van der Waals surface area contributed by atoms with E-state index in [1.165, 1.54) is 0 Å². The summed E-state index contributed by atoms with van der Waals surface area (Å²) in [5.41, 5.74) is 6.75. The van der Waals surface area contributed by atoms with E-state index in [1.807, 2.05) is 19.0 Å². The first kappa shape index (κ1) is 13.3. The molecule has 0 spiro atoms. The van der Waals surface area contributed by atoms with Gasteiger partial charge in [-0.15, -0.1) is 0 Å². The van der Waals surface area contributed by atoms with Crippen molar-refractivity contribution in [2.24, 2.45) is 18.9 Å². The molecule has 8 nitrogen and oxygen atoms in total. The van der Waals surface area contributed by atoms with Crippen molar-refractivity contribution < 1.29 is 4.79 Å². The molecule has 2 aromatic rings. The standard InChI is InChI=1S/C14H19N7O/c1-19-4-3-8-6-21(7-10(8)13(19)22)14-17-11(15)9-5-16-20(2)12(9)18-14/h5,8,10H,3-4,6-7H2,1-2H3,(H2,15,17,18)/t8-,10+/m1/s1. The molecule has 2 fully saturated rings. The lowest BCUT2D eigenvalue weighted by Gasteiger charge is -2.30.